The molecule has 0 heterocycles. The van der Waals surface area contributed by atoms with Crippen molar-refractivity contribution in [2.45, 2.75) is 26.9 Å². The lowest BCUT2D eigenvalue weighted by atomic mass is 10.1. The molecular formula is C21H27NO3. The second-order valence-electron chi connectivity index (χ2n) is 6.43. The molecule has 134 valence electrons. The number of nitrogens with one attached hydrogen (secondary N) is 1. The Kier molecular flexibility index (Phi) is 7.48. The quantitative estimate of drug-likeness (QED) is 0.754. The van der Waals surface area contributed by atoms with Gasteiger partial charge in [-0.05, 0) is 36.1 Å². The van der Waals surface area contributed by atoms with Gasteiger partial charge in [0.1, 0.15) is 5.75 Å². The van der Waals surface area contributed by atoms with Gasteiger partial charge in [0.15, 0.2) is 0 Å². The van der Waals surface area contributed by atoms with Gasteiger partial charge in [-0.2, -0.15) is 0 Å². The van der Waals surface area contributed by atoms with E-state index in [0.717, 1.165) is 17.7 Å². The lowest BCUT2D eigenvalue weighted by Gasteiger charge is -2.12. The van der Waals surface area contributed by atoms with E-state index in [1.807, 2.05) is 30.3 Å². The Morgan fingerprint density at radius 1 is 1.12 bits per heavy atom. The summed E-state index contributed by atoms with van der Waals surface area (Å²) in [6, 6.07) is 15.6. The third-order valence-corrected chi connectivity index (χ3v) is 3.79. The summed E-state index contributed by atoms with van der Waals surface area (Å²) in [5, 5.41) is 2.97. The molecule has 2 aromatic rings. The number of methoxy groups -OCH3 is 1. The van der Waals surface area contributed by atoms with Crippen LogP contribution in [-0.4, -0.2) is 26.2 Å². The lowest BCUT2D eigenvalue weighted by molar-refractivity contribution is 0.0939. The van der Waals surface area contributed by atoms with Gasteiger partial charge in [-0.3, -0.25) is 4.79 Å². The topological polar surface area (TPSA) is 47.6 Å². The molecule has 0 spiro atoms. The Morgan fingerprint density at radius 3 is 2.56 bits per heavy atom. The van der Waals surface area contributed by atoms with E-state index in [0.29, 0.717) is 31.2 Å². The minimum Gasteiger partial charge on any atom is -0.496 e. The van der Waals surface area contributed by atoms with Crippen LogP contribution >= 0.6 is 0 Å². The molecule has 0 fully saturated rings. The summed E-state index contributed by atoms with van der Waals surface area (Å²) in [5.74, 6) is 1.13. The van der Waals surface area contributed by atoms with Crippen molar-refractivity contribution in [3.63, 3.8) is 0 Å². The maximum absolute atomic E-state index is 12.4. The second kappa shape index (κ2) is 9.84. The third-order valence-electron chi connectivity index (χ3n) is 3.79. The number of benzene rings is 2. The van der Waals surface area contributed by atoms with Gasteiger partial charge in [-0.25, -0.2) is 0 Å². The van der Waals surface area contributed by atoms with Gasteiger partial charge in [0.25, 0.3) is 5.91 Å². The standard InChI is InChI=1S/C21H27NO3/c1-16(2)14-25-15-19-13-18(9-10-20(19)24-3)21(23)22-12-11-17-7-5-4-6-8-17/h4-10,13,16H,11-12,14-15H2,1-3H3,(H,22,23). The molecule has 0 bridgehead atoms. The molecular weight excluding hydrogens is 314 g/mol. The van der Waals surface area contributed by atoms with Gasteiger partial charge < -0.3 is 14.8 Å². The number of carbonyl (C=O) groups excluding carboxylic acids is 1. The van der Waals surface area contributed by atoms with Gasteiger partial charge >= 0.3 is 0 Å². The van der Waals surface area contributed by atoms with Crippen molar-refractivity contribution in [3.8, 4) is 5.75 Å². The number of hydrogen-bond acceptors (Lipinski definition) is 3. The van der Waals surface area contributed by atoms with Crippen LogP contribution in [0.4, 0.5) is 0 Å². The number of hydrogen-bond donors (Lipinski definition) is 1. The monoisotopic (exact) mass is 341 g/mol. The largest absolute Gasteiger partial charge is 0.496 e. The van der Waals surface area contributed by atoms with E-state index in [-0.39, 0.29) is 5.91 Å². The van der Waals surface area contributed by atoms with Crippen LogP contribution in [0.15, 0.2) is 48.5 Å². The van der Waals surface area contributed by atoms with Crippen molar-refractivity contribution in [2.24, 2.45) is 5.92 Å². The SMILES string of the molecule is COc1ccc(C(=O)NCCc2ccccc2)cc1COCC(C)C. The molecule has 0 saturated carbocycles. The number of carbonyl (C=O) groups is 1. The van der Waals surface area contributed by atoms with E-state index >= 15 is 0 Å². The molecule has 1 N–H and O–H groups in total. The molecule has 0 aliphatic rings. The highest BCUT2D eigenvalue weighted by Crippen LogP contribution is 2.21. The summed E-state index contributed by atoms with van der Waals surface area (Å²) < 4.78 is 11.1. The van der Waals surface area contributed by atoms with E-state index in [4.69, 9.17) is 9.47 Å². The maximum Gasteiger partial charge on any atom is 0.251 e. The highest BCUT2D eigenvalue weighted by molar-refractivity contribution is 5.94. The summed E-state index contributed by atoms with van der Waals surface area (Å²) in [7, 11) is 1.63. The molecule has 2 rings (SSSR count). The van der Waals surface area contributed by atoms with Crippen molar-refractivity contribution in [1.29, 1.82) is 0 Å². The van der Waals surface area contributed by atoms with E-state index in [1.54, 1.807) is 13.2 Å². The van der Waals surface area contributed by atoms with Gasteiger partial charge in [0.2, 0.25) is 0 Å². The number of rotatable bonds is 9. The Morgan fingerprint density at radius 2 is 1.88 bits per heavy atom. The molecule has 25 heavy (non-hydrogen) atoms. The van der Waals surface area contributed by atoms with E-state index in [1.165, 1.54) is 5.56 Å². The average molecular weight is 341 g/mol. The van der Waals surface area contributed by atoms with Crippen LogP contribution in [0.2, 0.25) is 0 Å². The first-order chi connectivity index (χ1) is 12.1. The van der Waals surface area contributed by atoms with Gasteiger partial charge in [-0.15, -0.1) is 0 Å². The number of ether oxygens (including phenoxy) is 2. The lowest BCUT2D eigenvalue weighted by Crippen LogP contribution is -2.25. The van der Waals surface area contributed by atoms with Gasteiger partial charge in [0, 0.05) is 24.3 Å². The molecule has 2 aromatic carbocycles. The molecule has 0 atom stereocenters. The van der Waals surface area contributed by atoms with Crippen LogP contribution in [0.3, 0.4) is 0 Å². The van der Waals surface area contributed by atoms with Crippen molar-refractivity contribution < 1.29 is 14.3 Å². The highest BCUT2D eigenvalue weighted by Gasteiger charge is 2.10. The first kappa shape index (κ1) is 19.0. The van der Waals surface area contributed by atoms with Crippen molar-refractivity contribution >= 4 is 5.91 Å². The van der Waals surface area contributed by atoms with Crippen LogP contribution in [0.25, 0.3) is 0 Å². The number of amides is 1. The smallest absolute Gasteiger partial charge is 0.251 e. The fourth-order valence-electron chi connectivity index (χ4n) is 2.50. The van der Waals surface area contributed by atoms with Gasteiger partial charge in [0.05, 0.1) is 13.7 Å². The first-order valence-corrected chi connectivity index (χ1v) is 8.67. The summed E-state index contributed by atoms with van der Waals surface area (Å²) in [6.07, 6.45) is 0.813. The molecule has 0 unspecified atom stereocenters. The molecule has 0 aliphatic heterocycles. The third kappa shape index (κ3) is 6.24. The molecule has 1 amide bonds. The van der Waals surface area contributed by atoms with Crippen molar-refractivity contribution in [3.05, 3.63) is 65.2 Å². The van der Waals surface area contributed by atoms with Crippen molar-refractivity contribution in [1.82, 2.24) is 5.32 Å². The van der Waals surface area contributed by atoms with E-state index in [9.17, 15) is 4.79 Å². The molecule has 4 nitrogen and oxygen atoms in total. The summed E-state index contributed by atoms with van der Waals surface area (Å²) in [4.78, 5) is 12.4. The Labute approximate surface area is 150 Å². The summed E-state index contributed by atoms with van der Waals surface area (Å²) in [6.45, 7) is 5.93. The molecule has 4 heteroatoms. The highest BCUT2D eigenvalue weighted by atomic mass is 16.5. The van der Waals surface area contributed by atoms with Crippen LogP contribution in [0, 0.1) is 5.92 Å². The molecule has 0 radical (unpaired) electrons. The minimum absolute atomic E-state index is 0.0799. The zero-order valence-corrected chi connectivity index (χ0v) is 15.2. The fourth-order valence-corrected chi connectivity index (χ4v) is 2.50. The van der Waals surface area contributed by atoms with Gasteiger partial charge in [-0.1, -0.05) is 44.2 Å². The average Bonchev–Trinajstić information content (AvgIpc) is 2.62. The predicted octanol–water partition coefficient (Wildman–Crippen LogP) is 3.84. The second-order valence-corrected chi connectivity index (χ2v) is 6.43. The fraction of sp³-hybridized carbons (Fsp3) is 0.381. The summed E-state index contributed by atoms with van der Waals surface area (Å²) >= 11 is 0. The van der Waals surface area contributed by atoms with Crippen LogP contribution in [0.5, 0.6) is 5.75 Å². The normalized spacial score (nSPS) is 10.7. The Bertz CT molecular complexity index is 668. The predicted molar refractivity (Wildman–Crippen MR) is 100.0 cm³/mol. The Hall–Kier alpha value is -2.33. The molecule has 0 aromatic heterocycles. The van der Waals surface area contributed by atoms with Crippen LogP contribution in [-0.2, 0) is 17.8 Å². The first-order valence-electron chi connectivity index (χ1n) is 8.67. The minimum atomic E-state index is -0.0799. The maximum atomic E-state index is 12.4. The Balaban J connectivity index is 1.94. The zero-order chi connectivity index (χ0) is 18.1. The van der Waals surface area contributed by atoms with Crippen molar-refractivity contribution in [2.75, 3.05) is 20.3 Å². The summed E-state index contributed by atoms with van der Waals surface area (Å²) in [5.41, 5.74) is 2.72. The zero-order valence-electron chi connectivity index (χ0n) is 15.2. The van der Waals surface area contributed by atoms with Crippen LogP contribution in [0.1, 0.15) is 35.3 Å². The molecule has 0 saturated heterocycles. The molecule has 0 aliphatic carbocycles. The van der Waals surface area contributed by atoms with Crippen LogP contribution < -0.4 is 10.1 Å². The van der Waals surface area contributed by atoms with E-state index in [2.05, 4.69) is 31.3 Å². The van der Waals surface area contributed by atoms with E-state index < -0.39 is 0 Å².